The molecule has 0 unspecified atom stereocenters. The van der Waals surface area contributed by atoms with Crippen LogP contribution in [0.3, 0.4) is 0 Å². The summed E-state index contributed by atoms with van der Waals surface area (Å²) < 4.78 is 1.95. The average molecular weight is 496 g/mol. The summed E-state index contributed by atoms with van der Waals surface area (Å²) in [5.74, 6) is -0.158. The van der Waals surface area contributed by atoms with Crippen molar-refractivity contribution in [3.8, 4) is 9.88 Å². The van der Waals surface area contributed by atoms with Gasteiger partial charge in [0.1, 0.15) is 16.5 Å². The highest BCUT2D eigenvalue weighted by Crippen LogP contribution is 2.33. The Kier molecular flexibility index (Phi) is 7.91. The molecule has 0 bridgehead atoms. The number of amides is 1. The molecule has 32 heavy (non-hydrogen) atoms. The Hall–Kier alpha value is -2.43. The summed E-state index contributed by atoms with van der Waals surface area (Å²) >= 11 is 8.72. The molecule has 0 aliphatic rings. The van der Waals surface area contributed by atoms with Gasteiger partial charge in [0.2, 0.25) is 0 Å². The number of hydrogen-bond acceptors (Lipinski definition) is 7. The lowest BCUT2D eigenvalue weighted by Crippen LogP contribution is -2.42. The second-order valence-corrected chi connectivity index (χ2v) is 10.4. The minimum Gasteiger partial charge on any atom is -0.383 e. The van der Waals surface area contributed by atoms with Gasteiger partial charge in [0, 0.05) is 18.5 Å². The Morgan fingerprint density at radius 1 is 1.34 bits per heavy atom. The molecule has 3 rings (SSSR count). The zero-order valence-electron chi connectivity index (χ0n) is 18.2. The summed E-state index contributed by atoms with van der Waals surface area (Å²) in [6, 6.07) is 3.63. The van der Waals surface area contributed by atoms with Gasteiger partial charge in [-0.1, -0.05) is 38.8 Å². The van der Waals surface area contributed by atoms with Crippen LogP contribution in [0.25, 0.3) is 9.88 Å². The van der Waals surface area contributed by atoms with Crippen molar-refractivity contribution in [2.45, 2.75) is 46.6 Å². The highest BCUT2D eigenvalue weighted by molar-refractivity contribution is 7.23. The van der Waals surface area contributed by atoms with E-state index in [0.717, 1.165) is 11.3 Å². The zero-order valence-corrected chi connectivity index (χ0v) is 20.6. The third-order valence-corrected chi connectivity index (χ3v) is 7.14. The number of H-pyrrole nitrogens is 1. The number of carbonyl (C=O) groups is 1. The summed E-state index contributed by atoms with van der Waals surface area (Å²) in [7, 11) is 0. The van der Waals surface area contributed by atoms with Crippen molar-refractivity contribution in [3.63, 3.8) is 0 Å². The van der Waals surface area contributed by atoms with Crippen LogP contribution in [0.1, 0.15) is 50.5 Å². The van der Waals surface area contributed by atoms with Gasteiger partial charge in [0.05, 0.1) is 9.21 Å². The number of carbonyl (C=O) groups excluding carboxylic acids is 1. The molecule has 1 amide bonds. The summed E-state index contributed by atoms with van der Waals surface area (Å²) in [6.45, 7) is 6.68. The number of nitrogens with two attached hydrogens (primary N) is 1. The van der Waals surface area contributed by atoms with Crippen LogP contribution in [-0.4, -0.2) is 27.0 Å². The summed E-state index contributed by atoms with van der Waals surface area (Å²) in [6.07, 6.45) is 2.22. The van der Waals surface area contributed by atoms with Crippen LogP contribution in [0.4, 0.5) is 11.5 Å². The molecule has 3 N–H and O–H groups in total. The SMILES string of the molecule is CCCCn1c(N)c(N(CCC(C)C)C(=O)c2csc(-c3ccc(Cl)s3)n2)c(=O)[nH]c1=O. The maximum Gasteiger partial charge on any atom is 0.330 e. The monoisotopic (exact) mass is 495 g/mol. The van der Waals surface area contributed by atoms with Crippen molar-refractivity contribution < 1.29 is 4.79 Å². The molecule has 0 fully saturated rings. The zero-order chi connectivity index (χ0) is 23.4. The quantitative estimate of drug-likeness (QED) is 0.455. The van der Waals surface area contributed by atoms with E-state index < -0.39 is 17.2 Å². The van der Waals surface area contributed by atoms with Crippen LogP contribution >= 0.6 is 34.3 Å². The van der Waals surface area contributed by atoms with Crippen molar-refractivity contribution in [1.29, 1.82) is 0 Å². The van der Waals surface area contributed by atoms with Crippen LogP contribution in [-0.2, 0) is 6.54 Å². The van der Waals surface area contributed by atoms with E-state index in [9.17, 15) is 14.4 Å². The van der Waals surface area contributed by atoms with Crippen molar-refractivity contribution in [3.05, 3.63) is 48.4 Å². The fourth-order valence-corrected chi connectivity index (χ4v) is 5.04. The maximum atomic E-state index is 13.5. The number of nitrogens with one attached hydrogen (secondary N) is 1. The molecule has 0 spiro atoms. The van der Waals surface area contributed by atoms with Crippen LogP contribution in [0.5, 0.6) is 0 Å². The van der Waals surface area contributed by atoms with Crippen molar-refractivity contribution in [2.24, 2.45) is 5.92 Å². The maximum absolute atomic E-state index is 13.5. The van der Waals surface area contributed by atoms with Crippen LogP contribution < -0.4 is 21.9 Å². The van der Waals surface area contributed by atoms with E-state index in [1.54, 1.807) is 11.4 Å². The van der Waals surface area contributed by atoms with Crippen LogP contribution in [0.2, 0.25) is 4.34 Å². The lowest BCUT2D eigenvalue weighted by atomic mass is 10.1. The van der Waals surface area contributed by atoms with Crippen molar-refractivity contribution >= 4 is 51.7 Å². The van der Waals surface area contributed by atoms with Crippen molar-refractivity contribution in [1.82, 2.24) is 14.5 Å². The van der Waals surface area contributed by atoms with Gasteiger partial charge < -0.3 is 5.73 Å². The number of aromatic amines is 1. The minimum atomic E-state index is -0.683. The van der Waals surface area contributed by atoms with Gasteiger partial charge >= 0.3 is 5.69 Å². The number of hydrogen-bond donors (Lipinski definition) is 2. The van der Waals surface area contributed by atoms with Gasteiger partial charge in [-0.2, -0.15) is 0 Å². The van der Waals surface area contributed by atoms with E-state index in [2.05, 4.69) is 9.97 Å². The topological polar surface area (TPSA) is 114 Å². The number of unbranched alkanes of at least 4 members (excludes halogenated alkanes) is 1. The fourth-order valence-electron chi connectivity index (χ4n) is 3.13. The first-order valence-electron chi connectivity index (χ1n) is 10.4. The molecule has 0 atom stereocenters. The van der Waals surface area contributed by atoms with Gasteiger partial charge in [0.15, 0.2) is 5.69 Å². The molecule has 0 aliphatic carbocycles. The van der Waals surface area contributed by atoms with E-state index in [1.807, 2.05) is 26.8 Å². The molecular weight excluding hydrogens is 470 g/mol. The molecule has 0 saturated carbocycles. The van der Waals surface area contributed by atoms with E-state index in [4.69, 9.17) is 17.3 Å². The second-order valence-electron chi connectivity index (χ2n) is 7.78. The molecule has 11 heteroatoms. The van der Waals surface area contributed by atoms with Gasteiger partial charge in [0.25, 0.3) is 11.5 Å². The van der Waals surface area contributed by atoms with Gasteiger partial charge in [-0.25, -0.2) is 9.78 Å². The van der Waals surface area contributed by atoms with Crippen LogP contribution in [0.15, 0.2) is 27.1 Å². The number of aromatic nitrogens is 3. The smallest absolute Gasteiger partial charge is 0.330 e. The molecule has 0 aliphatic heterocycles. The summed E-state index contributed by atoms with van der Waals surface area (Å²) in [5.41, 5.74) is 5.20. The highest BCUT2D eigenvalue weighted by atomic mass is 35.5. The Balaban J connectivity index is 2.04. The van der Waals surface area contributed by atoms with E-state index >= 15 is 0 Å². The average Bonchev–Trinajstić information content (AvgIpc) is 3.38. The lowest BCUT2D eigenvalue weighted by molar-refractivity contribution is 0.0981. The number of nitrogens with zero attached hydrogens (tertiary/aromatic N) is 3. The minimum absolute atomic E-state index is 0.00945. The first kappa shape index (κ1) is 24.2. The third kappa shape index (κ3) is 5.31. The van der Waals surface area contributed by atoms with Gasteiger partial charge in [-0.15, -0.1) is 22.7 Å². The van der Waals surface area contributed by atoms with E-state index in [0.29, 0.717) is 28.7 Å². The summed E-state index contributed by atoms with van der Waals surface area (Å²) in [4.78, 5) is 47.5. The fraction of sp³-hybridized carbons (Fsp3) is 0.429. The summed E-state index contributed by atoms with van der Waals surface area (Å²) in [5, 5.41) is 2.33. The standard InChI is InChI=1S/C21H26ClN5O3S2/c1-4-5-9-27-17(23)16(18(28)25-21(27)30)26(10-8-12(2)3)20(29)13-11-31-19(24-13)14-6-7-15(22)32-14/h6-7,11-12H,4-5,8-10,23H2,1-3H3,(H,25,28,30). The lowest BCUT2D eigenvalue weighted by Gasteiger charge is -2.24. The van der Waals surface area contributed by atoms with E-state index in [1.165, 1.54) is 32.1 Å². The first-order valence-corrected chi connectivity index (χ1v) is 12.5. The highest BCUT2D eigenvalue weighted by Gasteiger charge is 2.27. The number of rotatable bonds is 9. The molecule has 172 valence electrons. The predicted molar refractivity (Wildman–Crippen MR) is 132 cm³/mol. The molecule has 0 radical (unpaired) electrons. The predicted octanol–water partition coefficient (Wildman–Crippen LogP) is 4.45. The normalized spacial score (nSPS) is 11.3. The Bertz CT molecular complexity index is 1210. The Labute approximate surface area is 198 Å². The molecule has 8 nitrogen and oxygen atoms in total. The number of anilines is 2. The number of thiophene rings is 1. The Morgan fingerprint density at radius 2 is 2.09 bits per heavy atom. The second kappa shape index (κ2) is 10.5. The number of thiazole rings is 1. The molecule has 0 saturated heterocycles. The molecule has 3 aromatic heterocycles. The largest absolute Gasteiger partial charge is 0.383 e. The molecule has 0 aromatic carbocycles. The number of nitrogen functional groups attached to an aromatic ring is 1. The van der Waals surface area contributed by atoms with Crippen molar-refractivity contribution in [2.75, 3.05) is 17.2 Å². The van der Waals surface area contributed by atoms with E-state index in [-0.39, 0.29) is 29.7 Å². The van der Waals surface area contributed by atoms with Crippen LogP contribution in [0, 0.1) is 5.92 Å². The molecule has 3 aromatic rings. The third-order valence-electron chi connectivity index (χ3n) is 4.90. The first-order chi connectivity index (χ1) is 15.2. The van der Waals surface area contributed by atoms with Gasteiger partial charge in [-0.3, -0.25) is 24.0 Å². The Morgan fingerprint density at radius 3 is 2.72 bits per heavy atom. The number of halogens is 1. The molecular formula is C21H26ClN5O3S2. The van der Waals surface area contributed by atoms with Gasteiger partial charge in [-0.05, 0) is 30.9 Å². The molecule has 3 heterocycles.